The van der Waals surface area contributed by atoms with Gasteiger partial charge in [0.15, 0.2) is 0 Å². The Morgan fingerprint density at radius 2 is 1.25 bits per heavy atom. The van der Waals surface area contributed by atoms with E-state index >= 15 is 0 Å². The van der Waals surface area contributed by atoms with E-state index < -0.39 is 0 Å². The first-order valence-corrected chi connectivity index (χ1v) is 4.87. The fourth-order valence-electron chi connectivity index (χ4n) is 2.40. The van der Waals surface area contributed by atoms with Gasteiger partial charge < -0.3 is 10.2 Å². The molecule has 0 bridgehead atoms. The van der Waals surface area contributed by atoms with Gasteiger partial charge in [0.1, 0.15) is 0 Å². The highest BCUT2D eigenvalue weighted by Crippen LogP contribution is 2.35. The van der Waals surface area contributed by atoms with Gasteiger partial charge in [0.2, 0.25) is 0 Å². The summed E-state index contributed by atoms with van der Waals surface area (Å²) in [6.07, 6.45) is 5.39. The van der Waals surface area contributed by atoms with E-state index in [4.69, 9.17) is 0 Å². The number of rotatable bonds is 0. The summed E-state index contributed by atoms with van der Waals surface area (Å²) in [6.45, 7) is 0. The number of aliphatic hydroxyl groups excluding tert-OH is 2. The van der Waals surface area contributed by atoms with Crippen molar-refractivity contribution in [3.63, 3.8) is 0 Å². The molecule has 0 saturated carbocycles. The van der Waals surface area contributed by atoms with Crippen LogP contribution < -0.4 is 0 Å². The molecule has 0 heterocycles. The molecule has 0 fully saturated rings. The van der Waals surface area contributed by atoms with Gasteiger partial charge in [0, 0.05) is 0 Å². The Kier molecular flexibility index (Phi) is 2.20. The summed E-state index contributed by atoms with van der Waals surface area (Å²) in [5, 5.41) is 19.3. The zero-order valence-corrected chi connectivity index (χ0v) is 7.29. The smallest absolute Gasteiger partial charge is 0.0753 e. The summed E-state index contributed by atoms with van der Waals surface area (Å²) in [4.78, 5) is 0. The van der Waals surface area contributed by atoms with Crippen molar-refractivity contribution in [3.8, 4) is 0 Å². The van der Waals surface area contributed by atoms with Crippen molar-refractivity contribution < 1.29 is 10.2 Å². The molecule has 0 spiro atoms. The van der Waals surface area contributed by atoms with Crippen LogP contribution in [-0.2, 0) is 0 Å². The topological polar surface area (TPSA) is 40.5 Å². The van der Waals surface area contributed by atoms with E-state index in [2.05, 4.69) is 0 Å². The highest BCUT2D eigenvalue weighted by atomic mass is 16.3. The van der Waals surface area contributed by atoms with Gasteiger partial charge >= 0.3 is 0 Å². The molecule has 2 aliphatic carbocycles. The second-order valence-corrected chi connectivity index (χ2v) is 3.87. The predicted molar refractivity (Wildman–Crippen MR) is 46.7 cm³/mol. The largest absolute Gasteiger partial charge is 0.389 e. The van der Waals surface area contributed by atoms with Crippen LogP contribution >= 0.6 is 0 Å². The first-order valence-electron chi connectivity index (χ1n) is 4.87. The van der Waals surface area contributed by atoms with E-state index in [1.54, 1.807) is 0 Å². The molecule has 2 nitrogen and oxygen atoms in total. The molecule has 2 N–H and O–H groups in total. The van der Waals surface area contributed by atoms with Crippen molar-refractivity contribution in [2.45, 2.75) is 50.7 Å². The van der Waals surface area contributed by atoms with Gasteiger partial charge in [0.05, 0.1) is 12.2 Å². The zero-order valence-electron chi connectivity index (χ0n) is 7.29. The number of hydrogen-bond donors (Lipinski definition) is 2. The zero-order chi connectivity index (χ0) is 8.55. The molecule has 0 amide bonds. The van der Waals surface area contributed by atoms with Crippen LogP contribution in [-0.4, -0.2) is 22.4 Å². The maximum Gasteiger partial charge on any atom is 0.0753 e. The van der Waals surface area contributed by atoms with Crippen molar-refractivity contribution in [3.05, 3.63) is 11.1 Å². The van der Waals surface area contributed by atoms with E-state index in [1.807, 2.05) is 0 Å². The molecule has 68 valence electrons. The molecule has 2 unspecified atom stereocenters. The monoisotopic (exact) mass is 168 g/mol. The Morgan fingerprint density at radius 1 is 0.833 bits per heavy atom. The third-order valence-electron chi connectivity index (χ3n) is 3.06. The van der Waals surface area contributed by atoms with Crippen molar-refractivity contribution >= 4 is 0 Å². The Morgan fingerprint density at radius 3 is 1.67 bits per heavy atom. The normalized spacial score (nSPS) is 36.5. The van der Waals surface area contributed by atoms with Crippen molar-refractivity contribution in [2.75, 3.05) is 0 Å². The molecule has 2 aliphatic rings. The van der Waals surface area contributed by atoms with Gasteiger partial charge in [0.25, 0.3) is 0 Å². The van der Waals surface area contributed by atoms with Crippen LogP contribution in [0.25, 0.3) is 0 Å². The second-order valence-electron chi connectivity index (χ2n) is 3.87. The average molecular weight is 168 g/mol. The molecule has 12 heavy (non-hydrogen) atoms. The highest BCUT2D eigenvalue weighted by Gasteiger charge is 2.27. The fourth-order valence-corrected chi connectivity index (χ4v) is 2.40. The fraction of sp³-hybridized carbons (Fsp3) is 0.800. The van der Waals surface area contributed by atoms with Crippen LogP contribution in [0.5, 0.6) is 0 Å². The summed E-state index contributed by atoms with van der Waals surface area (Å²) in [7, 11) is 0. The van der Waals surface area contributed by atoms with E-state index in [9.17, 15) is 10.2 Å². The lowest BCUT2D eigenvalue weighted by Crippen LogP contribution is -2.27. The molecule has 0 aromatic rings. The molecule has 2 rings (SSSR count). The van der Waals surface area contributed by atoms with Gasteiger partial charge in [-0.05, 0) is 49.7 Å². The molecule has 0 aliphatic heterocycles. The Balaban J connectivity index is 2.26. The molecular weight excluding hydrogens is 152 g/mol. The lowest BCUT2D eigenvalue weighted by Gasteiger charge is -2.31. The van der Waals surface area contributed by atoms with Crippen molar-refractivity contribution in [2.24, 2.45) is 0 Å². The Labute approximate surface area is 72.9 Å². The van der Waals surface area contributed by atoms with E-state index in [1.165, 1.54) is 0 Å². The molecule has 0 aromatic heterocycles. The number of aliphatic hydroxyl groups is 2. The lowest BCUT2D eigenvalue weighted by atomic mass is 9.79. The van der Waals surface area contributed by atoms with E-state index in [0.29, 0.717) is 0 Å². The molecule has 0 radical (unpaired) electrons. The van der Waals surface area contributed by atoms with Gasteiger partial charge in [-0.25, -0.2) is 0 Å². The maximum absolute atomic E-state index is 9.65. The average Bonchev–Trinajstić information content (AvgIpc) is 2.07. The third-order valence-corrected chi connectivity index (χ3v) is 3.06. The van der Waals surface area contributed by atoms with Crippen molar-refractivity contribution in [1.82, 2.24) is 0 Å². The van der Waals surface area contributed by atoms with Gasteiger partial charge in [-0.3, -0.25) is 0 Å². The van der Waals surface area contributed by atoms with Crippen LogP contribution in [0.3, 0.4) is 0 Å². The van der Waals surface area contributed by atoms with E-state index in [0.717, 1.165) is 49.7 Å². The van der Waals surface area contributed by atoms with Crippen LogP contribution in [0.2, 0.25) is 0 Å². The molecule has 0 aromatic carbocycles. The summed E-state index contributed by atoms with van der Waals surface area (Å²) in [5.74, 6) is 0. The Hall–Kier alpha value is -0.340. The molecule has 2 atom stereocenters. The second kappa shape index (κ2) is 3.19. The summed E-state index contributed by atoms with van der Waals surface area (Å²) in [5.41, 5.74) is 2.31. The van der Waals surface area contributed by atoms with Gasteiger partial charge in [-0.1, -0.05) is 0 Å². The molecule has 2 heteroatoms. The molecule has 0 saturated heterocycles. The first kappa shape index (κ1) is 8.27. The van der Waals surface area contributed by atoms with Crippen LogP contribution in [0.15, 0.2) is 11.1 Å². The minimum atomic E-state index is -0.247. The third kappa shape index (κ3) is 1.29. The minimum Gasteiger partial charge on any atom is -0.389 e. The quantitative estimate of drug-likeness (QED) is 0.536. The highest BCUT2D eigenvalue weighted by molar-refractivity contribution is 5.26. The summed E-state index contributed by atoms with van der Waals surface area (Å²) < 4.78 is 0. The van der Waals surface area contributed by atoms with Gasteiger partial charge in [-0.15, -0.1) is 0 Å². The maximum atomic E-state index is 9.65. The SMILES string of the molecule is OC1CCCC2=C1CCCC2O. The standard InChI is InChI=1S/C10H16O2/c11-9-5-1-3-7-8(9)4-2-6-10(7)12/h9-12H,1-6H2. The van der Waals surface area contributed by atoms with Crippen LogP contribution in [0.1, 0.15) is 38.5 Å². The lowest BCUT2D eigenvalue weighted by molar-refractivity contribution is 0.140. The summed E-state index contributed by atoms with van der Waals surface area (Å²) >= 11 is 0. The first-order chi connectivity index (χ1) is 5.79. The predicted octanol–water partition coefficient (Wildman–Crippen LogP) is 1.37. The minimum absolute atomic E-state index is 0.247. The van der Waals surface area contributed by atoms with Crippen LogP contribution in [0.4, 0.5) is 0 Å². The number of hydrogen-bond acceptors (Lipinski definition) is 2. The summed E-state index contributed by atoms with van der Waals surface area (Å²) in [6, 6.07) is 0. The van der Waals surface area contributed by atoms with Gasteiger partial charge in [-0.2, -0.15) is 0 Å². The molecular formula is C10H16O2. The van der Waals surface area contributed by atoms with Crippen molar-refractivity contribution in [1.29, 1.82) is 0 Å². The Bertz CT molecular complexity index is 186. The van der Waals surface area contributed by atoms with Crippen LogP contribution in [0, 0.1) is 0 Å². The van der Waals surface area contributed by atoms with E-state index in [-0.39, 0.29) is 12.2 Å².